The second-order valence-corrected chi connectivity index (χ2v) is 11.9. The quantitative estimate of drug-likeness (QED) is 0.427. The Hall–Kier alpha value is -2.43. The number of carbonyl (C=O) groups excluding carboxylic acids is 1. The number of nitrogens with zero attached hydrogens (tertiary/aromatic N) is 1. The maximum absolute atomic E-state index is 12.6. The summed E-state index contributed by atoms with van der Waals surface area (Å²) in [4.78, 5) is 12.4. The molecule has 1 saturated carbocycles. The fourth-order valence-electron chi connectivity index (χ4n) is 4.18. The summed E-state index contributed by atoms with van der Waals surface area (Å²) in [5.41, 5.74) is -0.656. The Bertz CT molecular complexity index is 1080. The molecule has 1 aromatic carbocycles. The number of rotatable bonds is 9. The molecular formula is C23H32N2O7S. The number of carbonyl (C=O) groups is 1. The molecule has 0 aliphatic heterocycles. The van der Waals surface area contributed by atoms with Gasteiger partial charge in [0.05, 0.1) is 15.9 Å². The Labute approximate surface area is 193 Å². The lowest BCUT2D eigenvalue weighted by Gasteiger charge is -2.31. The highest BCUT2D eigenvalue weighted by Crippen LogP contribution is 2.33. The summed E-state index contributed by atoms with van der Waals surface area (Å²) >= 11 is 0. The number of phenols is 1. The Morgan fingerprint density at radius 1 is 1.27 bits per heavy atom. The molecule has 1 aliphatic rings. The zero-order valence-corrected chi connectivity index (χ0v) is 19.8. The van der Waals surface area contributed by atoms with Crippen molar-refractivity contribution >= 4 is 15.7 Å². The summed E-state index contributed by atoms with van der Waals surface area (Å²) in [5.74, 6) is -0.407. The minimum atomic E-state index is -3.72. The highest BCUT2D eigenvalue weighted by molar-refractivity contribution is 7.92. The van der Waals surface area contributed by atoms with Crippen molar-refractivity contribution in [1.29, 1.82) is 0 Å². The summed E-state index contributed by atoms with van der Waals surface area (Å²) in [7, 11) is -3.72. The van der Waals surface area contributed by atoms with E-state index < -0.39 is 32.2 Å². The third kappa shape index (κ3) is 6.13. The second kappa shape index (κ2) is 9.82. The lowest BCUT2D eigenvalue weighted by molar-refractivity contribution is -0.000759. The Balaban J connectivity index is 1.69. The van der Waals surface area contributed by atoms with Crippen LogP contribution in [0.15, 0.2) is 34.9 Å². The highest BCUT2D eigenvalue weighted by Gasteiger charge is 2.40. The monoisotopic (exact) mass is 480 g/mol. The van der Waals surface area contributed by atoms with Crippen LogP contribution in [0.5, 0.6) is 5.75 Å². The number of benzene rings is 1. The van der Waals surface area contributed by atoms with Crippen molar-refractivity contribution < 1.29 is 33.1 Å². The van der Waals surface area contributed by atoms with Crippen molar-refractivity contribution in [3.8, 4) is 5.75 Å². The zero-order valence-electron chi connectivity index (χ0n) is 19.0. The van der Waals surface area contributed by atoms with Crippen LogP contribution in [-0.4, -0.2) is 57.9 Å². The zero-order chi connectivity index (χ0) is 24.3. The molecule has 33 heavy (non-hydrogen) atoms. The second-order valence-electron chi connectivity index (χ2n) is 9.32. The molecule has 10 heteroatoms. The first-order chi connectivity index (χ1) is 15.4. The molecular weight excluding hydrogens is 448 g/mol. The normalized spacial score (nSPS) is 18.9. The third-order valence-corrected chi connectivity index (χ3v) is 8.60. The van der Waals surface area contributed by atoms with Crippen molar-refractivity contribution in [3.05, 3.63) is 47.3 Å². The summed E-state index contributed by atoms with van der Waals surface area (Å²) < 4.78 is 28.9. The summed E-state index contributed by atoms with van der Waals surface area (Å²) in [5, 5.41) is 37.7. The molecule has 1 aromatic heterocycles. The van der Waals surface area contributed by atoms with Gasteiger partial charge in [-0.2, -0.15) is 0 Å². The topological polar surface area (TPSA) is 150 Å². The molecule has 1 fully saturated rings. The smallest absolute Gasteiger partial charge is 0.255 e. The average Bonchev–Trinajstić information content (AvgIpc) is 3.20. The average molecular weight is 481 g/mol. The molecule has 9 nitrogen and oxygen atoms in total. The first kappa shape index (κ1) is 25.2. The van der Waals surface area contributed by atoms with Gasteiger partial charge in [0.15, 0.2) is 9.84 Å². The van der Waals surface area contributed by atoms with Gasteiger partial charge in [-0.05, 0) is 31.9 Å². The molecule has 0 saturated heterocycles. The van der Waals surface area contributed by atoms with Crippen LogP contribution in [-0.2, 0) is 16.3 Å². The molecule has 0 spiro atoms. The van der Waals surface area contributed by atoms with E-state index in [0.717, 1.165) is 25.5 Å². The van der Waals surface area contributed by atoms with Gasteiger partial charge >= 0.3 is 0 Å². The van der Waals surface area contributed by atoms with Crippen LogP contribution >= 0.6 is 0 Å². The van der Waals surface area contributed by atoms with Crippen LogP contribution in [0.25, 0.3) is 0 Å². The molecule has 4 N–H and O–H groups in total. The number of hydrogen-bond acceptors (Lipinski definition) is 8. The number of para-hydroxylation sites is 1. The molecule has 1 heterocycles. The Morgan fingerprint density at radius 3 is 2.58 bits per heavy atom. The molecule has 182 valence electrons. The molecule has 1 amide bonds. The van der Waals surface area contributed by atoms with E-state index in [2.05, 4.69) is 10.5 Å². The molecule has 0 radical (unpaired) electrons. The van der Waals surface area contributed by atoms with Gasteiger partial charge in [0.1, 0.15) is 23.3 Å². The Morgan fingerprint density at radius 2 is 1.94 bits per heavy atom. The Kier molecular flexibility index (Phi) is 7.50. The van der Waals surface area contributed by atoms with Crippen LogP contribution in [0.4, 0.5) is 0 Å². The number of phenolic OH excluding ortho intramolecular Hbond substituents is 1. The number of nitrogens with one attached hydrogen (secondary N) is 1. The number of amides is 1. The molecule has 2 atom stereocenters. The number of aromatic hydroxyl groups is 1. The van der Waals surface area contributed by atoms with Crippen molar-refractivity contribution in [1.82, 2.24) is 10.5 Å². The van der Waals surface area contributed by atoms with E-state index in [0.29, 0.717) is 18.6 Å². The van der Waals surface area contributed by atoms with Gasteiger partial charge in [-0.15, -0.1) is 0 Å². The first-order valence-electron chi connectivity index (χ1n) is 11.0. The van der Waals surface area contributed by atoms with Crippen LogP contribution in [0.3, 0.4) is 0 Å². The molecule has 2 aromatic rings. The van der Waals surface area contributed by atoms with E-state index in [4.69, 9.17) is 4.52 Å². The molecule has 3 rings (SSSR count). The van der Waals surface area contributed by atoms with Gasteiger partial charge in [-0.25, -0.2) is 8.42 Å². The van der Waals surface area contributed by atoms with Gasteiger partial charge < -0.3 is 25.2 Å². The number of aromatic nitrogens is 1. The predicted molar refractivity (Wildman–Crippen MR) is 122 cm³/mol. The minimum absolute atomic E-state index is 0.0238. The molecule has 2 unspecified atom stereocenters. The highest BCUT2D eigenvalue weighted by atomic mass is 32.2. The predicted octanol–water partition coefficient (Wildman–Crippen LogP) is 2.27. The van der Waals surface area contributed by atoms with Crippen LogP contribution in [0, 0.1) is 0 Å². The number of sulfone groups is 1. The lowest BCUT2D eigenvalue weighted by atomic mass is 9.82. The van der Waals surface area contributed by atoms with Crippen molar-refractivity contribution in [3.63, 3.8) is 0 Å². The van der Waals surface area contributed by atoms with E-state index in [-0.39, 0.29) is 36.4 Å². The van der Waals surface area contributed by atoms with E-state index in [1.165, 1.54) is 19.1 Å². The molecule has 0 bridgehead atoms. The molecule has 1 aliphatic carbocycles. The fourth-order valence-corrected chi connectivity index (χ4v) is 4.97. The minimum Gasteiger partial charge on any atom is -0.507 e. The van der Waals surface area contributed by atoms with Crippen molar-refractivity contribution in [2.45, 2.75) is 68.3 Å². The van der Waals surface area contributed by atoms with Gasteiger partial charge in [-0.1, -0.05) is 36.6 Å². The first-order valence-corrected chi connectivity index (χ1v) is 12.9. The number of aliphatic hydroxyl groups excluding tert-OH is 1. The summed E-state index contributed by atoms with van der Waals surface area (Å²) in [6.45, 7) is 1.16. The fraction of sp³-hybridized carbons (Fsp3) is 0.565. The SMILES string of the molecule is CC(CNC(=O)c1ccccc1O)(CC(O)c1cc(CC2(O)CCCCC2)on1)S(C)(=O)=O. The number of hydrogen-bond donors (Lipinski definition) is 4. The van der Waals surface area contributed by atoms with Gasteiger partial charge in [0.25, 0.3) is 5.91 Å². The summed E-state index contributed by atoms with van der Waals surface area (Å²) in [6, 6.07) is 7.48. The third-order valence-electron chi connectivity index (χ3n) is 6.50. The van der Waals surface area contributed by atoms with Crippen molar-refractivity contribution in [2.24, 2.45) is 0 Å². The van der Waals surface area contributed by atoms with E-state index in [9.17, 15) is 28.5 Å². The maximum Gasteiger partial charge on any atom is 0.255 e. The van der Waals surface area contributed by atoms with E-state index >= 15 is 0 Å². The van der Waals surface area contributed by atoms with Gasteiger partial charge in [0, 0.05) is 31.7 Å². The standard InChI is InChI=1S/C23H32N2O7S/c1-22(33(2,30)31,15-24-21(28)17-8-4-5-9-19(17)26)14-20(27)18-12-16(32-25-18)13-23(29)10-6-3-7-11-23/h4-5,8-9,12,20,26-27,29H,3,6-7,10-11,13-15H2,1-2H3,(H,24,28). The van der Waals surface area contributed by atoms with E-state index in [1.807, 2.05) is 0 Å². The van der Waals surface area contributed by atoms with Gasteiger partial charge in [0.2, 0.25) is 0 Å². The maximum atomic E-state index is 12.6. The lowest BCUT2D eigenvalue weighted by Crippen LogP contribution is -2.47. The van der Waals surface area contributed by atoms with Gasteiger partial charge in [-0.3, -0.25) is 4.79 Å². The number of aliphatic hydroxyl groups is 2. The largest absolute Gasteiger partial charge is 0.507 e. The van der Waals surface area contributed by atoms with Crippen LogP contribution in [0.2, 0.25) is 0 Å². The summed E-state index contributed by atoms with van der Waals surface area (Å²) in [6.07, 6.45) is 4.16. The van der Waals surface area contributed by atoms with E-state index in [1.54, 1.807) is 18.2 Å². The van der Waals surface area contributed by atoms with Crippen LogP contribution < -0.4 is 5.32 Å². The van der Waals surface area contributed by atoms with Crippen molar-refractivity contribution in [2.75, 3.05) is 12.8 Å². The van der Waals surface area contributed by atoms with Crippen LogP contribution in [0.1, 0.15) is 73.4 Å².